The Morgan fingerprint density at radius 2 is 1.93 bits per heavy atom. The molecule has 0 saturated carbocycles. The number of benzene rings is 2. The molecule has 2 aromatic carbocycles. The molecular formula is C18H13BrClNO4S2. The number of rotatable bonds is 4. The third-order valence-corrected chi connectivity index (χ3v) is 6.06. The first kappa shape index (κ1) is 20.0. The molecule has 0 unspecified atom stereocenters. The minimum Gasteiger partial charge on any atom is -0.504 e. The number of phenols is 1. The van der Waals surface area contributed by atoms with E-state index in [1.807, 2.05) is 0 Å². The lowest BCUT2D eigenvalue weighted by molar-refractivity contribution is -0.113. The molecule has 0 aromatic heterocycles. The summed E-state index contributed by atoms with van der Waals surface area (Å²) >= 11 is 16.1. The van der Waals surface area contributed by atoms with Gasteiger partial charge in [-0.25, -0.2) is 0 Å². The molecule has 9 heteroatoms. The summed E-state index contributed by atoms with van der Waals surface area (Å²) in [5, 5.41) is 10.2. The Morgan fingerprint density at radius 1 is 1.22 bits per heavy atom. The number of halogens is 2. The van der Waals surface area contributed by atoms with Crippen molar-refractivity contribution in [2.24, 2.45) is 0 Å². The van der Waals surface area contributed by atoms with Gasteiger partial charge in [0.05, 0.1) is 29.8 Å². The van der Waals surface area contributed by atoms with E-state index in [9.17, 15) is 9.90 Å². The Hall–Kier alpha value is -1.74. The van der Waals surface area contributed by atoms with Gasteiger partial charge in [-0.05, 0) is 42.0 Å². The fourth-order valence-corrected chi connectivity index (χ4v) is 4.45. The fraction of sp³-hybridized carbons (Fsp3) is 0.111. The molecule has 1 N–H and O–H groups in total. The zero-order chi connectivity index (χ0) is 19.7. The van der Waals surface area contributed by atoms with Crippen molar-refractivity contribution in [3.63, 3.8) is 0 Å². The van der Waals surface area contributed by atoms with Crippen molar-refractivity contribution in [1.82, 2.24) is 0 Å². The molecule has 1 aliphatic rings. The van der Waals surface area contributed by atoms with Gasteiger partial charge in [0.2, 0.25) is 0 Å². The lowest BCUT2D eigenvalue weighted by Crippen LogP contribution is -2.27. The van der Waals surface area contributed by atoms with Crippen LogP contribution in [-0.2, 0) is 4.79 Å². The highest BCUT2D eigenvalue weighted by molar-refractivity contribution is 9.10. The summed E-state index contributed by atoms with van der Waals surface area (Å²) in [6.07, 6.45) is 1.69. The monoisotopic (exact) mass is 485 g/mol. The highest BCUT2D eigenvalue weighted by atomic mass is 79.9. The lowest BCUT2D eigenvalue weighted by Gasteiger charge is -2.15. The number of hydrogen-bond donors (Lipinski definition) is 1. The van der Waals surface area contributed by atoms with Crippen molar-refractivity contribution in [1.29, 1.82) is 0 Å². The van der Waals surface area contributed by atoms with E-state index in [-0.39, 0.29) is 11.7 Å². The number of aromatic hydroxyl groups is 1. The van der Waals surface area contributed by atoms with E-state index in [1.165, 1.54) is 36.9 Å². The smallest absolute Gasteiger partial charge is 0.270 e. The van der Waals surface area contributed by atoms with E-state index in [2.05, 4.69) is 15.9 Å². The first-order valence-electron chi connectivity index (χ1n) is 7.53. The predicted octanol–water partition coefficient (Wildman–Crippen LogP) is 5.23. The normalized spacial score (nSPS) is 15.6. The number of phenolic OH excluding ortho intramolecular Hbond substituents is 1. The van der Waals surface area contributed by atoms with Crippen molar-refractivity contribution in [2.75, 3.05) is 19.1 Å². The Kier molecular flexibility index (Phi) is 6.00. The number of thioether (sulfide) groups is 1. The van der Waals surface area contributed by atoms with Crippen molar-refractivity contribution in [2.45, 2.75) is 0 Å². The minimum absolute atomic E-state index is 0.00180. The lowest BCUT2D eigenvalue weighted by atomic mass is 10.2. The summed E-state index contributed by atoms with van der Waals surface area (Å²) in [6.45, 7) is 0. The molecule has 0 aliphatic carbocycles. The summed E-state index contributed by atoms with van der Waals surface area (Å²) in [7, 11) is 2.98. The first-order chi connectivity index (χ1) is 12.8. The van der Waals surface area contributed by atoms with Crippen molar-refractivity contribution in [3.05, 3.63) is 50.3 Å². The minimum atomic E-state index is -0.259. The predicted molar refractivity (Wildman–Crippen MR) is 116 cm³/mol. The third-order valence-electron chi connectivity index (χ3n) is 3.77. The van der Waals surface area contributed by atoms with Crippen LogP contribution in [0.4, 0.5) is 5.69 Å². The second kappa shape index (κ2) is 8.10. The first-order valence-corrected chi connectivity index (χ1v) is 9.93. The highest BCUT2D eigenvalue weighted by Gasteiger charge is 2.33. The standard InChI is InChI=1S/C18H13BrClNO4S2/c1-24-14-4-3-10(7-12(14)20)21-17(23)16(27-18(21)26)6-9-5-15(25-2)13(22)8-11(9)19/h3-8,22H,1-2H3/b16-6-. The largest absolute Gasteiger partial charge is 0.504 e. The molecule has 1 amide bonds. The Balaban J connectivity index is 1.97. The number of carbonyl (C=O) groups is 1. The molecule has 1 aliphatic heterocycles. The topological polar surface area (TPSA) is 59.0 Å². The van der Waals surface area contributed by atoms with E-state index >= 15 is 0 Å². The number of amides is 1. The van der Waals surface area contributed by atoms with Crippen LogP contribution in [-0.4, -0.2) is 29.6 Å². The Labute approximate surface area is 179 Å². The number of carbonyl (C=O) groups excluding carboxylic acids is 1. The van der Waals surface area contributed by atoms with Gasteiger partial charge in [0.15, 0.2) is 15.8 Å². The number of anilines is 1. The zero-order valence-corrected chi connectivity index (χ0v) is 18.1. The van der Waals surface area contributed by atoms with E-state index in [0.29, 0.717) is 41.5 Å². The summed E-state index contributed by atoms with van der Waals surface area (Å²) in [6, 6.07) is 8.18. The molecule has 0 spiro atoms. The zero-order valence-electron chi connectivity index (χ0n) is 14.2. The Bertz CT molecular complexity index is 980. The molecular weight excluding hydrogens is 474 g/mol. The van der Waals surface area contributed by atoms with Crippen LogP contribution in [0.5, 0.6) is 17.2 Å². The number of thiocarbonyl (C=S) groups is 1. The van der Waals surface area contributed by atoms with E-state index < -0.39 is 0 Å². The molecule has 1 heterocycles. The van der Waals surface area contributed by atoms with Gasteiger partial charge in [-0.15, -0.1) is 0 Å². The second-order valence-electron chi connectivity index (χ2n) is 5.38. The summed E-state index contributed by atoms with van der Waals surface area (Å²) in [4.78, 5) is 14.8. The van der Waals surface area contributed by atoms with Gasteiger partial charge in [-0.2, -0.15) is 0 Å². The van der Waals surface area contributed by atoms with Gasteiger partial charge in [-0.3, -0.25) is 9.69 Å². The third kappa shape index (κ3) is 3.94. The number of hydrogen-bond acceptors (Lipinski definition) is 6. The molecule has 0 bridgehead atoms. The SMILES string of the molecule is COc1cc(/C=C2\SC(=S)N(c3ccc(OC)c(Cl)c3)C2=O)c(Br)cc1O. The molecule has 0 atom stereocenters. The average molecular weight is 487 g/mol. The number of nitrogens with zero attached hydrogens (tertiary/aromatic N) is 1. The van der Waals surface area contributed by atoms with Gasteiger partial charge >= 0.3 is 0 Å². The summed E-state index contributed by atoms with van der Waals surface area (Å²) in [5.41, 5.74) is 1.24. The fourth-order valence-electron chi connectivity index (χ4n) is 2.46. The van der Waals surface area contributed by atoms with Crippen LogP contribution in [0, 0.1) is 0 Å². The van der Waals surface area contributed by atoms with Crippen LogP contribution >= 0.6 is 51.5 Å². The Morgan fingerprint density at radius 3 is 2.56 bits per heavy atom. The van der Waals surface area contributed by atoms with Crippen LogP contribution in [0.1, 0.15) is 5.56 Å². The number of ether oxygens (including phenoxy) is 2. The van der Waals surface area contributed by atoms with Crippen LogP contribution < -0.4 is 14.4 Å². The second-order valence-corrected chi connectivity index (χ2v) is 8.32. The summed E-state index contributed by atoms with van der Waals surface area (Å²) < 4.78 is 11.3. The highest BCUT2D eigenvalue weighted by Crippen LogP contribution is 2.40. The summed E-state index contributed by atoms with van der Waals surface area (Å²) in [5.74, 6) is 0.565. The van der Waals surface area contributed by atoms with Crippen LogP contribution in [0.15, 0.2) is 39.7 Å². The molecule has 3 rings (SSSR count). The van der Waals surface area contributed by atoms with Crippen molar-refractivity contribution >= 4 is 73.5 Å². The quantitative estimate of drug-likeness (QED) is 0.472. The molecule has 27 heavy (non-hydrogen) atoms. The van der Waals surface area contributed by atoms with Crippen LogP contribution in [0.3, 0.4) is 0 Å². The molecule has 2 aromatic rings. The molecule has 1 fully saturated rings. The molecule has 140 valence electrons. The van der Waals surface area contributed by atoms with Gasteiger partial charge in [0.1, 0.15) is 5.75 Å². The van der Waals surface area contributed by atoms with Crippen LogP contribution in [0.25, 0.3) is 6.08 Å². The number of methoxy groups -OCH3 is 2. The maximum atomic E-state index is 12.9. The van der Waals surface area contributed by atoms with Gasteiger partial charge in [0, 0.05) is 4.47 Å². The maximum Gasteiger partial charge on any atom is 0.270 e. The van der Waals surface area contributed by atoms with Crippen LogP contribution in [0.2, 0.25) is 5.02 Å². The maximum absolute atomic E-state index is 12.9. The van der Waals surface area contributed by atoms with E-state index in [4.69, 9.17) is 33.3 Å². The molecule has 5 nitrogen and oxygen atoms in total. The van der Waals surface area contributed by atoms with Crippen molar-refractivity contribution in [3.8, 4) is 17.2 Å². The average Bonchev–Trinajstić information content (AvgIpc) is 2.90. The molecule has 1 saturated heterocycles. The van der Waals surface area contributed by atoms with Gasteiger partial charge < -0.3 is 14.6 Å². The van der Waals surface area contributed by atoms with E-state index in [0.717, 1.165) is 0 Å². The van der Waals surface area contributed by atoms with E-state index in [1.54, 1.807) is 30.3 Å². The van der Waals surface area contributed by atoms with Crippen molar-refractivity contribution < 1.29 is 19.4 Å². The van der Waals surface area contributed by atoms with Gasteiger partial charge in [-0.1, -0.05) is 51.5 Å². The van der Waals surface area contributed by atoms with Gasteiger partial charge in [0.25, 0.3) is 5.91 Å². The molecule has 0 radical (unpaired) electrons.